The molecular weight excluding hydrogens is 366 g/mol. The number of nitrogens with two attached hydrogens (primary N) is 1. The number of urea groups is 1. The van der Waals surface area contributed by atoms with Crippen molar-refractivity contribution in [2.24, 2.45) is 5.14 Å². The second kappa shape index (κ2) is 9.38. The Hall–Kier alpha value is -2.58. The summed E-state index contributed by atoms with van der Waals surface area (Å²) in [5, 5.41) is 10.7. The van der Waals surface area contributed by atoms with Gasteiger partial charge in [0.15, 0.2) is 0 Å². The number of nitrogens with one attached hydrogen (secondary N) is 2. The van der Waals surface area contributed by atoms with Crippen LogP contribution >= 0.6 is 0 Å². The molecule has 8 heteroatoms. The molecule has 2 rings (SSSR count). The maximum absolute atomic E-state index is 12.0. The Balaban J connectivity index is 1.78. The molecule has 0 saturated carbocycles. The first-order valence-electron chi connectivity index (χ1n) is 8.68. The van der Waals surface area contributed by atoms with E-state index in [1.54, 1.807) is 12.1 Å². The van der Waals surface area contributed by atoms with Gasteiger partial charge in [-0.1, -0.05) is 24.3 Å². The summed E-state index contributed by atoms with van der Waals surface area (Å²) in [6.07, 6.45) is 0.579. The maximum Gasteiger partial charge on any atom is 0.315 e. The van der Waals surface area contributed by atoms with Crippen LogP contribution in [0.4, 0.5) is 4.79 Å². The number of primary sulfonamides is 1. The molecule has 0 aliphatic carbocycles. The highest BCUT2D eigenvalue weighted by atomic mass is 32.2. The lowest BCUT2D eigenvalue weighted by molar-refractivity contribution is 0.238. The lowest BCUT2D eigenvalue weighted by atomic mass is 10.1. The van der Waals surface area contributed by atoms with Crippen molar-refractivity contribution >= 4 is 16.1 Å². The van der Waals surface area contributed by atoms with Crippen LogP contribution in [0.3, 0.4) is 0 Å². The third kappa shape index (κ3) is 6.58. The third-order valence-corrected chi connectivity index (χ3v) is 4.92. The zero-order chi connectivity index (χ0) is 19.9. The SMILES string of the molecule is CCOc1ccc(C(C)NC(=O)NCCc2ccc(S(N)(=O)=O)cc2)cc1. The van der Waals surface area contributed by atoms with Crippen molar-refractivity contribution in [1.29, 1.82) is 0 Å². The first-order chi connectivity index (χ1) is 12.8. The van der Waals surface area contributed by atoms with Gasteiger partial charge < -0.3 is 15.4 Å². The Labute approximate surface area is 160 Å². The predicted octanol–water partition coefficient (Wildman–Crippen LogP) is 2.34. The Kier molecular flexibility index (Phi) is 7.20. The van der Waals surface area contributed by atoms with Gasteiger partial charge in [-0.25, -0.2) is 18.4 Å². The molecule has 0 fully saturated rings. The van der Waals surface area contributed by atoms with Crippen LogP contribution in [0.5, 0.6) is 5.75 Å². The summed E-state index contributed by atoms with van der Waals surface area (Å²) in [4.78, 5) is 12.1. The van der Waals surface area contributed by atoms with Crippen molar-refractivity contribution in [3.63, 3.8) is 0 Å². The maximum atomic E-state index is 12.0. The highest BCUT2D eigenvalue weighted by Gasteiger charge is 2.10. The van der Waals surface area contributed by atoms with E-state index in [1.165, 1.54) is 12.1 Å². The summed E-state index contributed by atoms with van der Waals surface area (Å²) < 4.78 is 27.9. The minimum absolute atomic E-state index is 0.0705. The topological polar surface area (TPSA) is 111 Å². The molecule has 0 saturated heterocycles. The van der Waals surface area contributed by atoms with Crippen LogP contribution in [0.15, 0.2) is 53.4 Å². The van der Waals surface area contributed by atoms with Gasteiger partial charge >= 0.3 is 6.03 Å². The molecule has 0 radical (unpaired) electrons. The van der Waals surface area contributed by atoms with Crippen LogP contribution < -0.4 is 20.5 Å². The second-order valence-corrected chi connectivity index (χ2v) is 7.62. The van der Waals surface area contributed by atoms with Crippen LogP contribution in [0.25, 0.3) is 0 Å². The number of ether oxygens (including phenoxy) is 1. The summed E-state index contributed by atoms with van der Waals surface area (Å²) in [5.41, 5.74) is 1.88. The number of carbonyl (C=O) groups is 1. The van der Waals surface area contributed by atoms with E-state index in [0.29, 0.717) is 19.6 Å². The van der Waals surface area contributed by atoms with E-state index >= 15 is 0 Å². The van der Waals surface area contributed by atoms with E-state index in [1.807, 2.05) is 38.1 Å². The molecule has 2 aromatic rings. The summed E-state index contributed by atoms with van der Waals surface area (Å²) in [7, 11) is -3.69. The van der Waals surface area contributed by atoms with E-state index in [2.05, 4.69) is 10.6 Å². The fourth-order valence-electron chi connectivity index (χ4n) is 2.52. The molecule has 0 aliphatic rings. The van der Waals surface area contributed by atoms with E-state index in [4.69, 9.17) is 9.88 Å². The van der Waals surface area contributed by atoms with Gasteiger partial charge in [-0.05, 0) is 55.7 Å². The number of benzene rings is 2. The monoisotopic (exact) mass is 391 g/mol. The third-order valence-electron chi connectivity index (χ3n) is 3.99. The van der Waals surface area contributed by atoms with E-state index in [-0.39, 0.29) is 17.0 Å². The first-order valence-corrected chi connectivity index (χ1v) is 10.2. The van der Waals surface area contributed by atoms with Gasteiger partial charge in [0.2, 0.25) is 10.0 Å². The van der Waals surface area contributed by atoms with Crippen LogP contribution in [0.1, 0.15) is 31.0 Å². The Morgan fingerprint density at radius 2 is 1.74 bits per heavy atom. The van der Waals surface area contributed by atoms with E-state index < -0.39 is 10.0 Å². The number of hydrogen-bond donors (Lipinski definition) is 3. The van der Waals surface area contributed by atoms with Crippen molar-refractivity contribution in [3.8, 4) is 5.75 Å². The molecule has 7 nitrogen and oxygen atoms in total. The largest absolute Gasteiger partial charge is 0.494 e. The fourth-order valence-corrected chi connectivity index (χ4v) is 3.03. The minimum Gasteiger partial charge on any atom is -0.494 e. The number of rotatable bonds is 8. The van der Waals surface area contributed by atoms with Crippen LogP contribution in [-0.4, -0.2) is 27.6 Å². The van der Waals surface area contributed by atoms with Crippen LogP contribution in [-0.2, 0) is 16.4 Å². The normalized spacial score (nSPS) is 12.3. The molecule has 0 aliphatic heterocycles. The van der Waals surface area contributed by atoms with Gasteiger partial charge in [-0.2, -0.15) is 0 Å². The average molecular weight is 391 g/mol. The lowest BCUT2D eigenvalue weighted by Gasteiger charge is -2.15. The molecule has 4 N–H and O–H groups in total. The van der Waals surface area contributed by atoms with Gasteiger partial charge in [0.1, 0.15) is 5.75 Å². The first kappa shape index (κ1) is 20.7. The number of amides is 2. The molecule has 27 heavy (non-hydrogen) atoms. The molecule has 2 aromatic carbocycles. The molecule has 0 aromatic heterocycles. The lowest BCUT2D eigenvalue weighted by Crippen LogP contribution is -2.38. The van der Waals surface area contributed by atoms with Crippen molar-refractivity contribution < 1.29 is 17.9 Å². The molecule has 1 unspecified atom stereocenters. The van der Waals surface area contributed by atoms with Crippen molar-refractivity contribution in [2.75, 3.05) is 13.2 Å². The van der Waals surface area contributed by atoms with Gasteiger partial charge in [0, 0.05) is 6.54 Å². The van der Waals surface area contributed by atoms with E-state index in [0.717, 1.165) is 16.9 Å². The smallest absolute Gasteiger partial charge is 0.315 e. The Morgan fingerprint density at radius 1 is 1.11 bits per heavy atom. The van der Waals surface area contributed by atoms with Crippen molar-refractivity contribution in [1.82, 2.24) is 10.6 Å². The Bertz CT molecular complexity index is 850. The molecule has 0 heterocycles. The van der Waals surface area contributed by atoms with Crippen molar-refractivity contribution in [2.45, 2.75) is 31.2 Å². The highest BCUT2D eigenvalue weighted by Crippen LogP contribution is 2.17. The second-order valence-electron chi connectivity index (χ2n) is 6.06. The fraction of sp³-hybridized carbons (Fsp3) is 0.316. The summed E-state index contributed by atoms with van der Waals surface area (Å²) in [6, 6.07) is 13.5. The predicted molar refractivity (Wildman–Crippen MR) is 104 cm³/mol. The highest BCUT2D eigenvalue weighted by molar-refractivity contribution is 7.89. The number of sulfonamides is 1. The standard InChI is InChI=1S/C19H25N3O4S/c1-3-26-17-8-6-16(7-9-17)14(2)22-19(23)21-13-12-15-4-10-18(11-5-15)27(20,24)25/h4-11,14H,3,12-13H2,1-2H3,(H2,20,24,25)(H2,21,22,23). The summed E-state index contributed by atoms with van der Waals surface area (Å²) >= 11 is 0. The molecule has 1 atom stereocenters. The molecule has 146 valence electrons. The van der Waals surface area contributed by atoms with E-state index in [9.17, 15) is 13.2 Å². The van der Waals surface area contributed by atoms with Crippen molar-refractivity contribution in [3.05, 3.63) is 59.7 Å². The zero-order valence-electron chi connectivity index (χ0n) is 15.4. The molecule has 0 bridgehead atoms. The van der Waals surface area contributed by atoms with Crippen LogP contribution in [0, 0.1) is 0 Å². The number of carbonyl (C=O) groups excluding carboxylic acids is 1. The molecular formula is C19H25N3O4S. The summed E-state index contributed by atoms with van der Waals surface area (Å²) in [5.74, 6) is 0.798. The molecule has 2 amide bonds. The average Bonchev–Trinajstić information content (AvgIpc) is 2.62. The van der Waals surface area contributed by atoms with Gasteiger partial charge in [0.25, 0.3) is 0 Å². The minimum atomic E-state index is -3.69. The Morgan fingerprint density at radius 3 is 2.30 bits per heavy atom. The van der Waals surface area contributed by atoms with Gasteiger partial charge in [-0.15, -0.1) is 0 Å². The number of hydrogen-bond acceptors (Lipinski definition) is 4. The zero-order valence-corrected chi connectivity index (χ0v) is 16.3. The van der Waals surface area contributed by atoms with Crippen LogP contribution in [0.2, 0.25) is 0 Å². The van der Waals surface area contributed by atoms with Gasteiger partial charge in [-0.3, -0.25) is 0 Å². The molecule has 0 spiro atoms. The van der Waals surface area contributed by atoms with Gasteiger partial charge in [0.05, 0.1) is 17.5 Å². The quantitative estimate of drug-likeness (QED) is 0.641. The summed E-state index contributed by atoms with van der Waals surface area (Å²) in [6.45, 7) is 4.87.